The van der Waals surface area contributed by atoms with Crippen molar-refractivity contribution in [1.29, 1.82) is 0 Å². The van der Waals surface area contributed by atoms with Crippen molar-refractivity contribution in [2.45, 2.75) is 109 Å². The van der Waals surface area contributed by atoms with Gasteiger partial charge in [-0.1, -0.05) is 27.7 Å². The Kier molecular flexibility index (Phi) is 20.8. The summed E-state index contributed by atoms with van der Waals surface area (Å²) >= 11 is 1.35. The molecular formula is C30H54N8O11S. The first-order chi connectivity index (χ1) is 23.1. The van der Waals surface area contributed by atoms with Gasteiger partial charge in [0, 0.05) is 6.42 Å². The maximum absolute atomic E-state index is 13.5. The van der Waals surface area contributed by atoms with Crippen molar-refractivity contribution in [2.75, 3.05) is 18.6 Å². The van der Waals surface area contributed by atoms with E-state index in [4.69, 9.17) is 11.5 Å². The fourth-order valence-corrected chi connectivity index (χ4v) is 4.79. The van der Waals surface area contributed by atoms with Crippen molar-refractivity contribution in [3.63, 3.8) is 0 Å². The van der Waals surface area contributed by atoms with Gasteiger partial charge in [0.05, 0.1) is 24.8 Å². The highest BCUT2D eigenvalue weighted by Crippen LogP contribution is 2.09. The van der Waals surface area contributed by atoms with Crippen LogP contribution in [0.1, 0.15) is 60.8 Å². The van der Waals surface area contributed by atoms with Gasteiger partial charge in [-0.25, -0.2) is 4.79 Å². The highest BCUT2D eigenvalue weighted by atomic mass is 32.2. The molecule has 0 radical (unpaired) electrons. The van der Waals surface area contributed by atoms with Gasteiger partial charge in [-0.2, -0.15) is 11.8 Å². The Bertz CT molecular complexity index is 1200. The van der Waals surface area contributed by atoms with E-state index in [-0.39, 0.29) is 19.3 Å². The van der Waals surface area contributed by atoms with Crippen LogP contribution in [0.4, 0.5) is 0 Å². The number of carboxylic acid groups (broad SMARTS) is 1. The summed E-state index contributed by atoms with van der Waals surface area (Å²) in [6, 6.07) is -8.10. The number of hydrogen-bond donors (Lipinski definition) is 11. The van der Waals surface area contributed by atoms with E-state index in [0.717, 1.165) is 0 Å². The molecule has 0 bridgehead atoms. The molecule has 0 aliphatic heterocycles. The first kappa shape index (κ1) is 46.0. The summed E-state index contributed by atoms with van der Waals surface area (Å²) in [5.41, 5.74) is 10.7. The average molecular weight is 735 g/mol. The van der Waals surface area contributed by atoms with E-state index in [9.17, 15) is 53.7 Å². The second-order valence-electron chi connectivity index (χ2n) is 12.5. The quantitative estimate of drug-likeness (QED) is 0.0478. The molecule has 0 aromatic rings. The van der Waals surface area contributed by atoms with E-state index < -0.39 is 114 Å². The maximum Gasteiger partial charge on any atom is 0.326 e. The summed E-state index contributed by atoms with van der Waals surface area (Å²) in [6.45, 7) is 8.14. The number of primary amides is 1. The minimum atomic E-state index is -1.57. The molecule has 20 heteroatoms. The molecule has 0 aliphatic rings. The van der Waals surface area contributed by atoms with Crippen LogP contribution >= 0.6 is 11.8 Å². The number of hydrogen-bond acceptors (Lipinski definition) is 12. The van der Waals surface area contributed by atoms with Gasteiger partial charge in [-0.15, -0.1) is 0 Å². The third kappa shape index (κ3) is 16.6. The molecular weight excluding hydrogens is 680 g/mol. The zero-order valence-electron chi connectivity index (χ0n) is 29.5. The van der Waals surface area contributed by atoms with Gasteiger partial charge >= 0.3 is 5.97 Å². The number of aliphatic hydroxyl groups excluding tert-OH is 2. The predicted molar refractivity (Wildman–Crippen MR) is 183 cm³/mol. The first-order valence-electron chi connectivity index (χ1n) is 16.0. The number of carbonyl (C=O) groups is 8. The fraction of sp³-hybridized carbons (Fsp3) is 0.733. The predicted octanol–water partition coefficient (Wildman–Crippen LogP) is -3.97. The number of aliphatic carboxylic acids is 1. The average Bonchev–Trinajstić information content (AvgIpc) is 3.01. The molecule has 7 amide bonds. The van der Waals surface area contributed by atoms with E-state index in [1.54, 1.807) is 34.0 Å². The molecule has 0 saturated heterocycles. The molecule has 0 rings (SSSR count). The maximum atomic E-state index is 13.5. The monoisotopic (exact) mass is 734 g/mol. The van der Waals surface area contributed by atoms with Crippen LogP contribution < -0.4 is 43.4 Å². The summed E-state index contributed by atoms with van der Waals surface area (Å²) in [7, 11) is 0. The Labute approximate surface area is 295 Å². The highest BCUT2D eigenvalue weighted by Gasteiger charge is 2.36. The smallest absolute Gasteiger partial charge is 0.326 e. The Hall–Kier alpha value is -4.01. The lowest BCUT2D eigenvalue weighted by Crippen LogP contribution is -2.62. The molecule has 19 nitrogen and oxygen atoms in total. The van der Waals surface area contributed by atoms with Gasteiger partial charge in [0.25, 0.3) is 0 Å². The number of nitrogens with two attached hydrogens (primary N) is 2. The molecule has 286 valence electrons. The van der Waals surface area contributed by atoms with Crippen LogP contribution in [0.3, 0.4) is 0 Å². The van der Waals surface area contributed by atoms with Crippen LogP contribution in [0.5, 0.6) is 0 Å². The SMILES string of the molecule is CSCC[C@H](NC(=O)[C@@H](NC(=O)CNC(=O)[C@@H](N)CCC(N)=O)[C@@H](C)O)C(=O)N[C@H](C(=O)N[C@H](C(=O)N[C@H](C(=O)O)C(C)C)[C@@H](C)O)C(C)C. The lowest BCUT2D eigenvalue weighted by molar-refractivity contribution is -0.144. The number of carboxylic acids is 1. The minimum Gasteiger partial charge on any atom is -0.480 e. The van der Waals surface area contributed by atoms with E-state index in [2.05, 4.69) is 31.9 Å². The van der Waals surface area contributed by atoms with E-state index in [1.165, 1.54) is 25.6 Å². The number of amides is 7. The third-order valence-electron chi connectivity index (χ3n) is 7.33. The number of thioether (sulfide) groups is 1. The first-order valence-corrected chi connectivity index (χ1v) is 17.4. The Morgan fingerprint density at radius 2 is 1.10 bits per heavy atom. The topological polar surface area (TPSA) is 321 Å². The Morgan fingerprint density at radius 1 is 0.640 bits per heavy atom. The minimum absolute atomic E-state index is 0.0533. The number of rotatable bonds is 23. The van der Waals surface area contributed by atoms with E-state index in [1.807, 2.05) is 0 Å². The lowest BCUT2D eigenvalue weighted by Gasteiger charge is -2.29. The molecule has 0 aliphatic carbocycles. The summed E-state index contributed by atoms with van der Waals surface area (Å²) in [4.78, 5) is 100.0. The Morgan fingerprint density at radius 3 is 1.56 bits per heavy atom. The summed E-state index contributed by atoms with van der Waals surface area (Å²) < 4.78 is 0. The number of nitrogens with one attached hydrogen (secondary N) is 6. The molecule has 13 N–H and O–H groups in total. The van der Waals surface area contributed by atoms with Gasteiger partial charge in [0.2, 0.25) is 41.4 Å². The molecule has 0 unspecified atom stereocenters. The van der Waals surface area contributed by atoms with Gasteiger partial charge in [0.1, 0.15) is 30.2 Å². The van der Waals surface area contributed by atoms with Crippen molar-refractivity contribution in [3.05, 3.63) is 0 Å². The van der Waals surface area contributed by atoms with Crippen LogP contribution in [0, 0.1) is 11.8 Å². The molecule has 0 spiro atoms. The fourth-order valence-electron chi connectivity index (χ4n) is 4.32. The van der Waals surface area contributed by atoms with Crippen molar-refractivity contribution >= 4 is 59.1 Å². The number of aliphatic hydroxyl groups is 2. The zero-order chi connectivity index (χ0) is 38.9. The normalized spacial score (nSPS) is 16.0. The largest absolute Gasteiger partial charge is 0.480 e. The molecule has 0 heterocycles. The second kappa shape index (κ2) is 22.7. The Balaban J connectivity index is 5.77. The van der Waals surface area contributed by atoms with Gasteiger partial charge < -0.3 is 58.7 Å². The van der Waals surface area contributed by atoms with Gasteiger partial charge in [-0.05, 0) is 50.5 Å². The molecule has 0 saturated carbocycles. The summed E-state index contributed by atoms with van der Waals surface area (Å²) in [5, 5.41) is 44.1. The van der Waals surface area contributed by atoms with Crippen molar-refractivity contribution in [1.82, 2.24) is 31.9 Å². The molecule has 0 fully saturated rings. The molecule has 0 aromatic carbocycles. The highest BCUT2D eigenvalue weighted by molar-refractivity contribution is 7.98. The van der Waals surface area contributed by atoms with Gasteiger partial charge in [0.15, 0.2) is 0 Å². The second-order valence-corrected chi connectivity index (χ2v) is 13.5. The van der Waals surface area contributed by atoms with Crippen LogP contribution in [-0.2, 0) is 38.4 Å². The molecule has 8 atom stereocenters. The standard InChI is InChI=1S/C30H54N8O11S/c1-13(2)21(27(45)38-24(16(6)40)29(47)37-22(14(3)4)30(48)49)36-26(44)18(10-11-50-7)34-28(46)23(15(5)39)35-20(42)12-33-25(43)17(31)8-9-19(32)41/h13-18,21-24,39-40H,8-12,31H2,1-7H3,(H2,32,41)(H,33,43)(H,34,46)(H,35,42)(H,36,44)(H,37,47)(H,38,45)(H,48,49)/t15-,16-,17+,18+,21+,22+,23+,24+/m1/s1. The summed E-state index contributed by atoms with van der Waals surface area (Å²) in [5.74, 6) is -7.88. The number of carbonyl (C=O) groups excluding carboxylic acids is 7. The van der Waals surface area contributed by atoms with E-state index >= 15 is 0 Å². The van der Waals surface area contributed by atoms with Crippen LogP contribution in [0.2, 0.25) is 0 Å². The van der Waals surface area contributed by atoms with E-state index in [0.29, 0.717) is 5.75 Å². The van der Waals surface area contributed by atoms with Crippen molar-refractivity contribution in [3.8, 4) is 0 Å². The molecule has 50 heavy (non-hydrogen) atoms. The van der Waals surface area contributed by atoms with Crippen LogP contribution in [-0.4, -0.2) is 130 Å². The molecule has 0 aromatic heterocycles. The van der Waals surface area contributed by atoms with Crippen LogP contribution in [0.15, 0.2) is 0 Å². The zero-order valence-corrected chi connectivity index (χ0v) is 30.3. The van der Waals surface area contributed by atoms with Crippen LogP contribution in [0.25, 0.3) is 0 Å². The summed E-state index contributed by atoms with van der Waals surface area (Å²) in [6.07, 6.45) is -1.28. The third-order valence-corrected chi connectivity index (χ3v) is 7.97. The lowest BCUT2D eigenvalue weighted by atomic mass is 10.0. The van der Waals surface area contributed by atoms with Crippen molar-refractivity contribution < 1.29 is 53.7 Å². The van der Waals surface area contributed by atoms with Gasteiger partial charge in [-0.3, -0.25) is 33.6 Å². The van der Waals surface area contributed by atoms with Crippen molar-refractivity contribution in [2.24, 2.45) is 23.3 Å².